The first kappa shape index (κ1) is 57.3. The van der Waals surface area contributed by atoms with Gasteiger partial charge < -0.3 is 15.5 Å². The summed E-state index contributed by atoms with van der Waals surface area (Å²) in [5.41, 5.74) is 0. The fourth-order valence-corrected chi connectivity index (χ4v) is 7.97. The molecule has 2 unspecified atom stereocenters. The monoisotopic (exact) mass is 826 g/mol. The molecule has 0 heterocycles. The molecule has 0 aliphatic rings. The maximum Gasteiger partial charge on any atom is 0.220 e. The number of rotatable bonds is 48. The predicted molar refractivity (Wildman–Crippen MR) is 262 cm³/mol. The Morgan fingerprint density at radius 3 is 1.00 bits per heavy atom. The molecule has 4 heteroatoms. The van der Waals surface area contributed by atoms with E-state index < -0.39 is 12.1 Å². The van der Waals surface area contributed by atoms with Gasteiger partial charge in [0.1, 0.15) is 0 Å². The quantitative estimate of drug-likeness (QED) is 0.0423. The van der Waals surface area contributed by atoms with E-state index >= 15 is 0 Å². The zero-order valence-electron chi connectivity index (χ0n) is 39.8. The maximum atomic E-state index is 12.4. The largest absolute Gasteiger partial charge is 0.394 e. The van der Waals surface area contributed by atoms with Crippen molar-refractivity contribution in [2.24, 2.45) is 0 Å². The predicted octanol–water partition coefficient (Wildman–Crippen LogP) is 17.1. The van der Waals surface area contributed by atoms with Crippen LogP contribution in [0.15, 0.2) is 48.6 Å². The van der Waals surface area contributed by atoms with Crippen LogP contribution in [-0.4, -0.2) is 34.9 Å². The van der Waals surface area contributed by atoms with Crippen LogP contribution in [0.1, 0.15) is 277 Å². The van der Waals surface area contributed by atoms with Gasteiger partial charge in [-0.3, -0.25) is 4.79 Å². The fourth-order valence-electron chi connectivity index (χ4n) is 7.97. The Bertz CT molecular complexity index is 939. The van der Waals surface area contributed by atoms with Crippen LogP contribution < -0.4 is 5.32 Å². The van der Waals surface area contributed by atoms with Crippen molar-refractivity contribution >= 4 is 5.91 Å². The zero-order chi connectivity index (χ0) is 42.8. The zero-order valence-corrected chi connectivity index (χ0v) is 39.8. The molecular formula is C55H103NO3. The number of hydrogen-bond donors (Lipinski definition) is 3. The van der Waals surface area contributed by atoms with Crippen molar-refractivity contribution in [2.75, 3.05) is 6.61 Å². The van der Waals surface area contributed by atoms with E-state index in [-0.39, 0.29) is 12.5 Å². The summed E-state index contributed by atoms with van der Waals surface area (Å²) in [6, 6.07) is -0.644. The van der Waals surface area contributed by atoms with Crippen LogP contribution in [0.4, 0.5) is 0 Å². The topological polar surface area (TPSA) is 69.6 Å². The van der Waals surface area contributed by atoms with Gasteiger partial charge in [0.25, 0.3) is 0 Å². The van der Waals surface area contributed by atoms with Gasteiger partial charge in [0, 0.05) is 6.42 Å². The number of aliphatic hydroxyl groups is 2. The lowest BCUT2D eigenvalue weighted by molar-refractivity contribution is -0.123. The molecule has 0 aliphatic heterocycles. The Labute approximate surface area is 369 Å². The SMILES string of the molecule is CCCCCC/C=C/CC/C=C/CC/C=C/C(O)C(CO)NC(=O)CCCCCCCCCCCCCCCCCCC/C=C\CCCCCCCCCCCCCC. The fraction of sp³-hybridized carbons (Fsp3) is 0.836. The molecule has 346 valence electrons. The molecule has 2 atom stereocenters. The summed E-state index contributed by atoms with van der Waals surface area (Å²) < 4.78 is 0. The van der Waals surface area contributed by atoms with Crippen LogP contribution in [0.25, 0.3) is 0 Å². The lowest BCUT2D eigenvalue weighted by atomic mass is 10.0. The van der Waals surface area contributed by atoms with Crippen LogP contribution in [0.5, 0.6) is 0 Å². The minimum atomic E-state index is -0.869. The summed E-state index contributed by atoms with van der Waals surface area (Å²) in [6.07, 6.45) is 69.8. The molecule has 0 radical (unpaired) electrons. The number of aliphatic hydroxyl groups excluding tert-OH is 2. The summed E-state index contributed by atoms with van der Waals surface area (Å²) in [7, 11) is 0. The Morgan fingerprint density at radius 2 is 0.661 bits per heavy atom. The van der Waals surface area contributed by atoms with Gasteiger partial charge >= 0.3 is 0 Å². The molecule has 0 aromatic carbocycles. The molecule has 0 saturated carbocycles. The molecule has 0 spiro atoms. The molecule has 59 heavy (non-hydrogen) atoms. The molecule has 0 aromatic rings. The highest BCUT2D eigenvalue weighted by Gasteiger charge is 2.17. The lowest BCUT2D eigenvalue weighted by Gasteiger charge is -2.19. The number of carbonyl (C=O) groups is 1. The van der Waals surface area contributed by atoms with Gasteiger partial charge in [0.05, 0.1) is 18.8 Å². The van der Waals surface area contributed by atoms with E-state index in [2.05, 4.69) is 55.6 Å². The highest BCUT2D eigenvalue weighted by Crippen LogP contribution is 2.16. The van der Waals surface area contributed by atoms with Crippen molar-refractivity contribution in [2.45, 2.75) is 289 Å². The van der Waals surface area contributed by atoms with E-state index in [1.54, 1.807) is 6.08 Å². The van der Waals surface area contributed by atoms with E-state index in [0.717, 1.165) is 38.5 Å². The lowest BCUT2D eigenvalue weighted by Crippen LogP contribution is -2.45. The molecule has 0 bridgehead atoms. The van der Waals surface area contributed by atoms with Crippen LogP contribution in [0, 0.1) is 0 Å². The van der Waals surface area contributed by atoms with Gasteiger partial charge in [-0.05, 0) is 70.6 Å². The third kappa shape index (κ3) is 47.3. The average Bonchev–Trinajstić information content (AvgIpc) is 3.24. The summed E-state index contributed by atoms with van der Waals surface area (Å²) >= 11 is 0. The van der Waals surface area contributed by atoms with Crippen LogP contribution >= 0.6 is 0 Å². The number of hydrogen-bond acceptors (Lipinski definition) is 3. The van der Waals surface area contributed by atoms with E-state index in [0.29, 0.717) is 6.42 Å². The van der Waals surface area contributed by atoms with Gasteiger partial charge in [-0.2, -0.15) is 0 Å². The normalized spacial score (nSPS) is 13.2. The van der Waals surface area contributed by atoms with Crippen molar-refractivity contribution in [1.82, 2.24) is 5.32 Å². The van der Waals surface area contributed by atoms with E-state index in [1.165, 1.54) is 218 Å². The van der Waals surface area contributed by atoms with Gasteiger partial charge in [0.2, 0.25) is 5.91 Å². The van der Waals surface area contributed by atoms with Gasteiger partial charge in [-0.15, -0.1) is 0 Å². The van der Waals surface area contributed by atoms with Crippen molar-refractivity contribution in [3.8, 4) is 0 Å². The first-order valence-electron chi connectivity index (χ1n) is 26.4. The molecule has 0 rings (SSSR count). The second kappa shape index (κ2) is 50.7. The molecule has 0 aromatic heterocycles. The molecular weight excluding hydrogens is 723 g/mol. The molecule has 0 aliphatic carbocycles. The Hall–Kier alpha value is -1.65. The molecule has 4 nitrogen and oxygen atoms in total. The summed E-state index contributed by atoms with van der Waals surface area (Å²) in [6.45, 7) is 4.28. The molecule has 1 amide bonds. The number of allylic oxidation sites excluding steroid dienone is 7. The van der Waals surface area contributed by atoms with Gasteiger partial charge in [0.15, 0.2) is 0 Å². The minimum absolute atomic E-state index is 0.0761. The van der Waals surface area contributed by atoms with Crippen LogP contribution in [0.3, 0.4) is 0 Å². The first-order valence-corrected chi connectivity index (χ1v) is 26.4. The Morgan fingerprint density at radius 1 is 0.390 bits per heavy atom. The highest BCUT2D eigenvalue weighted by atomic mass is 16.3. The van der Waals surface area contributed by atoms with Gasteiger partial charge in [-0.25, -0.2) is 0 Å². The van der Waals surface area contributed by atoms with E-state index in [9.17, 15) is 15.0 Å². The number of carbonyl (C=O) groups excluding carboxylic acids is 1. The molecule has 3 N–H and O–H groups in total. The third-order valence-electron chi connectivity index (χ3n) is 12.0. The molecule has 0 fully saturated rings. The Balaban J connectivity index is 3.46. The first-order chi connectivity index (χ1) is 29.2. The number of unbranched alkanes of at least 4 members (excludes halogenated alkanes) is 35. The van der Waals surface area contributed by atoms with Crippen LogP contribution in [-0.2, 0) is 4.79 Å². The third-order valence-corrected chi connectivity index (χ3v) is 12.0. The van der Waals surface area contributed by atoms with Crippen molar-refractivity contribution in [1.29, 1.82) is 0 Å². The summed E-state index contributed by atoms with van der Waals surface area (Å²) in [4.78, 5) is 12.4. The van der Waals surface area contributed by atoms with E-state index in [4.69, 9.17) is 0 Å². The Kier molecular flexibility index (Phi) is 49.3. The number of amides is 1. The van der Waals surface area contributed by atoms with Crippen molar-refractivity contribution in [3.05, 3.63) is 48.6 Å². The van der Waals surface area contributed by atoms with Gasteiger partial charge in [-0.1, -0.05) is 249 Å². The number of nitrogens with one attached hydrogen (secondary N) is 1. The summed E-state index contributed by atoms with van der Waals surface area (Å²) in [5.74, 6) is -0.0761. The second-order valence-corrected chi connectivity index (χ2v) is 17.9. The van der Waals surface area contributed by atoms with Crippen molar-refractivity contribution < 1.29 is 15.0 Å². The smallest absolute Gasteiger partial charge is 0.220 e. The average molecular weight is 826 g/mol. The molecule has 0 saturated heterocycles. The van der Waals surface area contributed by atoms with E-state index in [1.807, 2.05) is 6.08 Å². The van der Waals surface area contributed by atoms with Crippen LogP contribution in [0.2, 0.25) is 0 Å². The van der Waals surface area contributed by atoms with Crippen molar-refractivity contribution in [3.63, 3.8) is 0 Å². The highest BCUT2D eigenvalue weighted by molar-refractivity contribution is 5.76. The summed E-state index contributed by atoms with van der Waals surface area (Å²) in [5, 5.41) is 23.0. The second-order valence-electron chi connectivity index (χ2n) is 17.9. The maximum absolute atomic E-state index is 12.4. The standard InChI is InChI=1S/C55H103NO3/c1-3-5-7-9-11-13-15-17-19-20-21-22-23-24-25-26-27-28-29-30-31-32-33-34-35-36-37-39-41-43-45-47-49-51-55(59)56-53(52-57)54(58)50-48-46-44-42-40-38-18-16-14-12-10-8-6-4-2/h14,16,24-25,40,42,48,50,53-54,57-58H,3-13,15,17-23,26-39,41,43-47,49,51-52H2,1-2H3,(H,56,59)/b16-14+,25-24-,42-40+,50-48+. The minimum Gasteiger partial charge on any atom is -0.394 e.